The van der Waals surface area contributed by atoms with Crippen LogP contribution in [0.1, 0.15) is 37.6 Å². The van der Waals surface area contributed by atoms with E-state index in [0.717, 1.165) is 43.2 Å². The first-order valence-corrected chi connectivity index (χ1v) is 8.57. The molecule has 0 aliphatic rings. The van der Waals surface area contributed by atoms with E-state index in [9.17, 15) is 9.90 Å². The van der Waals surface area contributed by atoms with Gasteiger partial charge in [0, 0.05) is 23.7 Å². The molecule has 2 N–H and O–H groups in total. The number of aromatic carboxylic acids is 1. The van der Waals surface area contributed by atoms with Crippen LogP contribution in [0, 0.1) is 0 Å². The van der Waals surface area contributed by atoms with E-state index in [1.807, 2.05) is 25.1 Å². The van der Waals surface area contributed by atoms with Crippen LogP contribution in [0.4, 0.5) is 5.69 Å². The van der Waals surface area contributed by atoms with Gasteiger partial charge in [0.2, 0.25) is 0 Å². The second kappa shape index (κ2) is 9.68. The van der Waals surface area contributed by atoms with Gasteiger partial charge in [-0.25, -0.2) is 4.79 Å². The highest BCUT2D eigenvalue weighted by molar-refractivity contribution is 7.99. The molecule has 0 unspecified atom stereocenters. The van der Waals surface area contributed by atoms with Crippen LogP contribution in [0.15, 0.2) is 23.1 Å². The summed E-state index contributed by atoms with van der Waals surface area (Å²) < 4.78 is 0. The van der Waals surface area contributed by atoms with Gasteiger partial charge in [0.1, 0.15) is 0 Å². The summed E-state index contributed by atoms with van der Waals surface area (Å²) in [5, 5.41) is 12.7. The van der Waals surface area contributed by atoms with Crippen LogP contribution in [0.5, 0.6) is 0 Å². The second-order valence-corrected chi connectivity index (χ2v) is 6.08. The zero-order valence-electron chi connectivity index (χ0n) is 13.2. The summed E-state index contributed by atoms with van der Waals surface area (Å²) in [6, 6.07) is 5.63. The zero-order chi connectivity index (χ0) is 15.7. The molecule has 5 heteroatoms. The van der Waals surface area contributed by atoms with E-state index in [1.54, 1.807) is 11.8 Å². The van der Waals surface area contributed by atoms with Crippen molar-refractivity contribution in [2.45, 2.75) is 32.1 Å². The Bertz CT molecular complexity index is 452. The fraction of sp³-hybridized carbons (Fsp3) is 0.562. The molecule has 0 spiro atoms. The lowest BCUT2D eigenvalue weighted by Crippen LogP contribution is -2.29. The Kier molecular flexibility index (Phi) is 8.23. The Morgan fingerprint density at radius 1 is 1.29 bits per heavy atom. The Hall–Kier alpha value is -1.20. The van der Waals surface area contributed by atoms with E-state index < -0.39 is 5.97 Å². The zero-order valence-corrected chi connectivity index (χ0v) is 14.0. The van der Waals surface area contributed by atoms with E-state index in [0.29, 0.717) is 11.3 Å². The van der Waals surface area contributed by atoms with Crippen molar-refractivity contribution in [2.75, 3.05) is 37.2 Å². The number of rotatable bonds is 10. The van der Waals surface area contributed by atoms with E-state index >= 15 is 0 Å². The molecule has 0 radical (unpaired) electrons. The van der Waals surface area contributed by atoms with Crippen molar-refractivity contribution in [2.24, 2.45) is 0 Å². The van der Waals surface area contributed by atoms with Crippen molar-refractivity contribution < 1.29 is 9.90 Å². The first-order valence-electron chi connectivity index (χ1n) is 7.59. The average molecular weight is 310 g/mol. The lowest BCUT2D eigenvalue weighted by atomic mass is 10.1. The highest BCUT2D eigenvalue weighted by atomic mass is 32.2. The number of carbonyl (C=O) groups is 1. The smallest absolute Gasteiger partial charge is 0.338 e. The van der Waals surface area contributed by atoms with Crippen molar-refractivity contribution in [3.05, 3.63) is 23.8 Å². The minimum Gasteiger partial charge on any atom is -0.478 e. The lowest BCUT2D eigenvalue weighted by Gasteiger charge is -2.20. The van der Waals surface area contributed by atoms with E-state index in [1.165, 1.54) is 0 Å². The van der Waals surface area contributed by atoms with E-state index in [4.69, 9.17) is 0 Å². The van der Waals surface area contributed by atoms with Crippen molar-refractivity contribution in [3.63, 3.8) is 0 Å². The number of carboxylic acids is 1. The molecule has 0 saturated carbocycles. The number of nitrogens with zero attached hydrogens (tertiary/aromatic N) is 1. The predicted octanol–water partition coefficient (Wildman–Crippen LogP) is 3.64. The standard InChI is InChI=1S/C16H26N2O2S/c1-4-11-18(5-2)12-10-17-13-8-7-9-14(21-6-3)15(13)16(19)20/h7-9,17H,4-6,10-12H2,1-3H3,(H,19,20). The van der Waals surface area contributed by atoms with Crippen LogP contribution in [0.3, 0.4) is 0 Å². The molecule has 0 amide bonds. The monoisotopic (exact) mass is 310 g/mol. The normalized spacial score (nSPS) is 10.9. The van der Waals surface area contributed by atoms with Crippen LogP contribution in [0.2, 0.25) is 0 Å². The summed E-state index contributed by atoms with van der Waals surface area (Å²) >= 11 is 1.57. The maximum Gasteiger partial charge on any atom is 0.338 e. The molecule has 0 fully saturated rings. The van der Waals surface area contributed by atoms with Crippen molar-refractivity contribution in [3.8, 4) is 0 Å². The van der Waals surface area contributed by atoms with Gasteiger partial charge in [-0.2, -0.15) is 0 Å². The van der Waals surface area contributed by atoms with Gasteiger partial charge in [-0.1, -0.05) is 26.8 Å². The van der Waals surface area contributed by atoms with Crippen molar-refractivity contribution in [1.29, 1.82) is 0 Å². The number of likely N-dealkylation sites (N-methyl/N-ethyl adjacent to an activating group) is 1. The molecular weight excluding hydrogens is 284 g/mol. The number of hydrogen-bond donors (Lipinski definition) is 2. The van der Waals surface area contributed by atoms with Gasteiger partial charge in [0.25, 0.3) is 0 Å². The molecule has 0 heterocycles. The SMILES string of the molecule is CCCN(CC)CCNc1cccc(SCC)c1C(=O)O. The van der Waals surface area contributed by atoms with E-state index in [2.05, 4.69) is 24.1 Å². The molecule has 0 atom stereocenters. The van der Waals surface area contributed by atoms with Crippen molar-refractivity contribution in [1.82, 2.24) is 4.90 Å². The van der Waals surface area contributed by atoms with E-state index in [-0.39, 0.29) is 0 Å². The fourth-order valence-corrected chi connectivity index (χ4v) is 3.10. The third-order valence-corrected chi connectivity index (χ3v) is 4.21. The Balaban J connectivity index is 2.74. The second-order valence-electron chi connectivity index (χ2n) is 4.78. The Morgan fingerprint density at radius 3 is 2.62 bits per heavy atom. The molecule has 0 aromatic heterocycles. The summed E-state index contributed by atoms with van der Waals surface area (Å²) in [5.41, 5.74) is 1.11. The Morgan fingerprint density at radius 2 is 2.05 bits per heavy atom. The largest absolute Gasteiger partial charge is 0.478 e. The molecule has 1 rings (SSSR count). The molecule has 0 saturated heterocycles. The van der Waals surface area contributed by atoms with Gasteiger partial charge in [0.15, 0.2) is 0 Å². The topological polar surface area (TPSA) is 52.6 Å². The molecular formula is C16H26N2O2S. The summed E-state index contributed by atoms with van der Waals surface area (Å²) in [6.07, 6.45) is 1.14. The fourth-order valence-electron chi connectivity index (χ4n) is 2.27. The number of benzene rings is 1. The van der Waals surface area contributed by atoms with Gasteiger partial charge < -0.3 is 15.3 Å². The highest BCUT2D eigenvalue weighted by Crippen LogP contribution is 2.28. The van der Waals surface area contributed by atoms with Gasteiger partial charge in [0.05, 0.1) is 5.56 Å². The van der Waals surface area contributed by atoms with Crippen LogP contribution >= 0.6 is 11.8 Å². The maximum atomic E-state index is 11.5. The number of hydrogen-bond acceptors (Lipinski definition) is 4. The number of carboxylic acid groups (broad SMARTS) is 1. The summed E-state index contributed by atoms with van der Waals surface area (Å²) in [7, 11) is 0. The number of nitrogens with one attached hydrogen (secondary N) is 1. The molecule has 0 bridgehead atoms. The number of thioether (sulfide) groups is 1. The third-order valence-electron chi connectivity index (χ3n) is 3.27. The summed E-state index contributed by atoms with van der Waals surface area (Å²) in [5.74, 6) is -0.000855. The Labute approximate surface area is 131 Å². The first kappa shape index (κ1) is 17.9. The minimum atomic E-state index is -0.866. The van der Waals surface area contributed by atoms with Gasteiger partial charge in [-0.15, -0.1) is 11.8 Å². The molecule has 0 aliphatic carbocycles. The van der Waals surface area contributed by atoms with Crippen LogP contribution < -0.4 is 5.32 Å². The predicted molar refractivity (Wildman–Crippen MR) is 90.7 cm³/mol. The highest BCUT2D eigenvalue weighted by Gasteiger charge is 2.15. The van der Waals surface area contributed by atoms with Gasteiger partial charge in [-0.3, -0.25) is 0 Å². The molecule has 4 nitrogen and oxygen atoms in total. The average Bonchev–Trinajstić information content (AvgIpc) is 2.46. The minimum absolute atomic E-state index is 0.392. The molecule has 1 aromatic carbocycles. The molecule has 21 heavy (non-hydrogen) atoms. The van der Waals surface area contributed by atoms with Crippen LogP contribution in [-0.2, 0) is 0 Å². The number of anilines is 1. The maximum absolute atomic E-state index is 11.5. The van der Waals surface area contributed by atoms with Crippen LogP contribution in [-0.4, -0.2) is 47.9 Å². The van der Waals surface area contributed by atoms with Gasteiger partial charge >= 0.3 is 5.97 Å². The molecule has 0 aliphatic heterocycles. The van der Waals surface area contributed by atoms with Gasteiger partial charge in [-0.05, 0) is 37.4 Å². The summed E-state index contributed by atoms with van der Waals surface area (Å²) in [4.78, 5) is 14.7. The quantitative estimate of drug-likeness (QED) is 0.646. The molecule has 118 valence electrons. The first-order chi connectivity index (χ1) is 10.1. The van der Waals surface area contributed by atoms with Crippen LogP contribution in [0.25, 0.3) is 0 Å². The third kappa shape index (κ3) is 5.59. The molecule has 1 aromatic rings. The summed E-state index contributed by atoms with van der Waals surface area (Å²) in [6.45, 7) is 10.1. The lowest BCUT2D eigenvalue weighted by molar-refractivity contribution is 0.0694. The van der Waals surface area contributed by atoms with Crippen molar-refractivity contribution >= 4 is 23.4 Å².